The Morgan fingerprint density at radius 2 is 2.11 bits per heavy atom. The lowest BCUT2D eigenvalue weighted by molar-refractivity contribution is 0.815. The Labute approximate surface area is 120 Å². The van der Waals surface area contributed by atoms with Crippen LogP contribution >= 0.6 is 27.7 Å². The fourth-order valence-electron chi connectivity index (χ4n) is 1.65. The maximum Gasteiger partial charge on any atom is 0.0410 e. The highest BCUT2D eigenvalue weighted by molar-refractivity contribution is 9.10. The molecule has 0 amide bonds. The normalized spacial score (nSPS) is 10.6. The first-order valence-electron chi connectivity index (χ1n) is 5.73. The van der Waals surface area contributed by atoms with Crippen LogP contribution in [0.3, 0.4) is 0 Å². The molecular weight excluding hydrogens is 308 g/mol. The smallest absolute Gasteiger partial charge is 0.0410 e. The van der Waals surface area contributed by atoms with Crippen LogP contribution < -0.4 is 5.32 Å². The summed E-state index contributed by atoms with van der Waals surface area (Å²) >= 11 is 5.27. The third kappa shape index (κ3) is 4.12. The molecule has 18 heavy (non-hydrogen) atoms. The van der Waals surface area contributed by atoms with Gasteiger partial charge in [-0.1, -0.05) is 12.1 Å². The first-order chi connectivity index (χ1) is 8.78. The van der Waals surface area contributed by atoms with Crippen LogP contribution in [0.2, 0.25) is 0 Å². The fourth-order valence-corrected chi connectivity index (χ4v) is 2.96. The Hall–Kier alpha value is -0.840. The Balaban J connectivity index is 1.99. The fraction of sp³-hybridized carbons (Fsp3) is 0.214. The summed E-state index contributed by atoms with van der Waals surface area (Å²) in [6.45, 7) is 0.910. The van der Waals surface area contributed by atoms with Crippen LogP contribution in [-0.4, -0.2) is 12.0 Å². The van der Waals surface area contributed by atoms with E-state index in [4.69, 9.17) is 0 Å². The highest BCUT2D eigenvalue weighted by Crippen LogP contribution is 2.24. The van der Waals surface area contributed by atoms with Crippen molar-refractivity contribution in [1.29, 1.82) is 0 Å². The lowest BCUT2D eigenvalue weighted by Gasteiger charge is -2.05. The molecule has 0 bridgehead atoms. The maximum absolute atomic E-state index is 4.17. The Morgan fingerprint density at radius 1 is 1.22 bits per heavy atom. The second-order valence-corrected chi connectivity index (χ2v) is 5.94. The van der Waals surface area contributed by atoms with Crippen molar-refractivity contribution >= 4 is 27.7 Å². The Morgan fingerprint density at radius 3 is 2.89 bits per heavy atom. The van der Waals surface area contributed by atoms with E-state index in [9.17, 15) is 0 Å². The average Bonchev–Trinajstić information content (AvgIpc) is 2.37. The maximum atomic E-state index is 4.17. The van der Waals surface area contributed by atoms with E-state index in [0.29, 0.717) is 0 Å². The molecule has 0 unspecified atom stereocenters. The van der Waals surface area contributed by atoms with E-state index < -0.39 is 0 Å². The number of hydrogen-bond acceptors (Lipinski definition) is 3. The van der Waals surface area contributed by atoms with Gasteiger partial charge in [-0.15, -0.1) is 11.8 Å². The lowest BCUT2D eigenvalue weighted by atomic mass is 10.2. The molecule has 0 aliphatic heterocycles. The van der Waals surface area contributed by atoms with Crippen molar-refractivity contribution in [2.75, 3.05) is 7.05 Å². The highest BCUT2D eigenvalue weighted by atomic mass is 79.9. The van der Waals surface area contributed by atoms with Gasteiger partial charge in [-0.05, 0) is 52.3 Å². The molecule has 0 fully saturated rings. The molecule has 2 aromatic rings. The second kappa shape index (κ2) is 6.92. The second-order valence-electron chi connectivity index (χ2n) is 3.98. The summed E-state index contributed by atoms with van der Waals surface area (Å²) in [7, 11) is 1.97. The number of benzene rings is 1. The van der Waals surface area contributed by atoms with Crippen LogP contribution in [-0.2, 0) is 12.3 Å². The van der Waals surface area contributed by atoms with Crippen LogP contribution in [0, 0.1) is 0 Å². The molecule has 4 heteroatoms. The molecule has 2 nitrogen and oxygen atoms in total. The Bertz CT molecular complexity index is 517. The number of halogens is 1. The van der Waals surface area contributed by atoms with Crippen LogP contribution in [0.15, 0.2) is 52.1 Å². The number of pyridine rings is 1. The van der Waals surface area contributed by atoms with E-state index in [1.807, 2.05) is 31.2 Å². The third-order valence-electron chi connectivity index (χ3n) is 2.45. The van der Waals surface area contributed by atoms with Gasteiger partial charge in [0.25, 0.3) is 0 Å². The molecule has 0 spiro atoms. The SMILES string of the molecule is CNCc1cccc(SCc2cncc(Br)c2)c1. The molecule has 2 rings (SSSR count). The molecule has 1 N–H and O–H groups in total. The topological polar surface area (TPSA) is 24.9 Å². The largest absolute Gasteiger partial charge is 0.316 e. The van der Waals surface area contributed by atoms with E-state index in [1.54, 1.807) is 0 Å². The van der Waals surface area contributed by atoms with Crippen molar-refractivity contribution in [2.24, 2.45) is 0 Å². The van der Waals surface area contributed by atoms with Gasteiger partial charge in [-0.2, -0.15) is 0 Å². The van der Waals surface area contributed by atoms with Crippen LogP contribution in [0.5, 0.6) is 0 Å². The highest BCUT2D eigenvalue weighted by Gasteiger charge is 1.99. The summed E-state index contributed by atoms with van der Waals surface area (Å²) in [6.07, 6.45) is 3.72. The molecule has 1 heterocycles. The number of hydrogen-bond donors (Lipinski definition) is 1. The molecule has 0 aliphatic rings. The standard InChI is InChI=1S/C14H15BrN2S/c1-16-7-11-3-2-4-14(6-11)18-10-12-5-13(15)9-17-8-12/h2-6,8-9,16H,7,10H2,1H3. The summed E-state index contributed by atoms with van der Waals surface area (Å²) in [5, 5.41) is 3.17. The number of rotatable bonds is 5. The van der Waals surface area contributed by atoms with E-state index in [0.717, 1.165) is 16.8 Å². The molecule has 1 aromatic heterocycles. The van der Waals surface area contributed by atoms with Crippen molar-refractivity contribution < 1.29 is 0 Å². The van der Waals surface area contributed by atoms with Gasteiger partial charge in [0.15, 0.2) is 0 Å². The minimum atomic E-state index is 0.910. The average molecular weight is 323 g/mol. The first-order valence-corrected chi connectivity index (χ1v) is 7.51. The summed E-state index contributed by atoms with van der Waals surface area (Å²) in [5.41, 5.74) is 2.54. The van der Waals surface area contributed by atoms with Crippen molar-refractivity contribution in [1.82, 2.24) is 10.3 Å². The van der Waals surface area contributed by atoms with E-state index in [2.05, 4.69) is 56.6 Å². The van der Waals surface area contributed by atoms with Crippen molar-refractivity contribution in [3.63, 3.8) is 0 Å². The summed E-state index contributed by atoms with van der Waals surface area (Å²) in [4.78, 5) is 5.47. The third-order valence-corrected chi connectivity index (χ3v) is 3.94. The van der Waals surface area contributed by atoms with Crippen molar-refractivity contribution in [2.45, 2.75) is 17.2 Å². The Kier molecular flexibility index (Phi) is 5.23. The van der Waals surface area contributed by atoms with Gasteiger partial charge in [0.2, 0.25) is 0 Å². The molecule has 1 aromatic carbocycles. The summed E-state index contributed by atoms with van der Waals surface area (Å²) < 4.78 is 1.03. The molecule has 0 saturated heterocycles. The van der Waals surface area contributed by atoms with Gasteiger partial charge in [0.1, 0.15) is 0 Å². The molecule has 0 aliphatic carbocycles. The molecule has 0 atom stereocenters. The summed E-state index contributed by atoms with van der Waals surface area (Å²) in [6, 6.07) is 10.7. The quantitative estimate of drug-likeness (QED) is 0.846. The van der Waals surface area contributed by atoms with Gasteiger partial charge in [-0.25, -0.2) is 0 Å². The van der Waals surface area contributed by atoms with E-state index in [-0.39, 0.29) is 0 Å². The van der Waals surface area contributed by atoms with Gasteiger partial charge >= 0.3 is 0 Å². The minimum Gasteiger partial charge on any atom is -0.316 e. The molecule has 94 valence electrons. The summed E-state index contributed by atoms with van der Waals surface area (Å²) in [5.74, 6) is 0.940. The predicted octanol–water partition coefficient (Wildman–Crippen LogP) is 3.86. The van der Waals surface area contributed by atoms with Crippen molar-refractivity contribution in [3.8, 4) is 0 Å². The minimum absolute atomic E-state index is 0.910. The molecular formula is C14H15BrN2S. The first kappa shape index (κ1) is 13.6. The van der Waals surface area contributed by atoms with Crippen LogP contribution in [0.4, 0.5) is 0 Å². The molecule has 0 radical (unpaired) electrons. The zero-order chi connectivity index (χ0) is 12.8. The predicted molar refractivity (Wildman–Crippen MR) is 80.7 cm³/mol. The number of nitrogens with one attached hydrogen (secondary N) is 1. The van der Waals surface area contributed by atoms with Gasteiger partial charge < -0.3 is 5.32 Å². The number of thioether (sulfide) groups is 1. The van der Waals surface area contributed by atoms with Crippen LogP contribution in [0.25, 0.3) is 0 Å². The number of nitrogens with zero attached hydrogens (tertiary/aromatic N) is 1. The van der Waals surface area contributed by atoms with Gasteiger partial charge in [0, 0.05) is 34.1 Å². The van der Waals surface area contributed by atoms with E-state index in [1.165, 1.54) is 16.0 Å². The van der Waals surface area contributed by atoms with E-state index >= 15 is 0 Å². The van der Waals surface area contributed by atoms with Gasteiger partial charge in [0.05, 0.1) is 0 Å². The molecule has 0 saturated carbocycles. The zero-order valence-electron chi connectivity index (χ0n) is 10.2. The lowest BCUT2D eigenvalue weighted by Crippen LogP contribution is -2.04. The zero-order valence-corrected chi connectivity index (χ0v) is 12.6. The van der Waals surface area contributed by atoms with Crippen LogP contribution in [0.1, 0.15) is 11.1 Å². The monoisotopic (exact) mass is 322 g/mol. The van der Waals surface area contributed by atoms with Crippen molar-refractivity contribution in [3.05, 3.63) is 58.3 Å². The van der Waals surface area contributed by atoms with Gasteiger partial charge in [-0.3, -0.25) is 4.98 Å². The number of aromatic nitrogens is 1.